The topological polar surface area (TPSA) is 71.0 Å². The quantitative estimate of drug-likeness (QED) is 0.553. The minimum absolute atomic E-state index is 0.142. The predicted molar refractivity (Wildman–Crippen MR) is 120 cm³/mol. The molecule has 0 fully saturated rings. The first kappa shape index (κ1) is 19.8. The number of ether oxygens (including phenoxy) is 1. The number of hydrazone groups is 1. The molecule has 7 heteroatoms. The van der Waals surface area contributed by atoms with E-state index in [1.54, 1.807) is 36.4 Å². The first-order chi connectivity index (χ1) is 14.6. The predicted octanol–water partition coefficient (Wildman–Crippen LogP) is 5.36. The number of nitrogens with one attached hydrogen (secondary N) is 1. The third-order valence-corrected chi connectivity index (χ3v) is 4.99. The molecule has 0 saturated heterocycles. The summed E-state index contributed by atoms with van der Waals surface area (Å²) in [5.41, 5.74) is 1.55. The smallest absolute Gasteiger partial charge is 0.271 e. The molecular weight excluding hydrogens is 446 g/mol. The van der Waals surface area contributed by atoms with Crippen LogP contribution in [0.15, 0.2) is 88.4 Å². The van der Waals surface area contributed by atoms with Gasteiger partial charge in [0.1, 0.15) is 17.2 Å². The van der Waals surface area contributed by atoms with Crippen molar-refractivity contribution in [1.82, 2.24) is 0 Å². The van der Waals surface area contributed by atoms with Gasteiger partial charge in [0, 0.05) is 23.0 Å². The van der Waals surface area contributed by atoms with Crippen molar-refractivity contribution in [2.75, 3.05) is 10.3 Å². The summed E-state index contributed by atoms with van der Waals surface area (Å²) in [5, 5.41) is 8.39. The molecule has 0 radical (unpaired) electrons. The molecule has 0 bridgehead atoms. The number of carbonyl (C=O) groups is 2. The lowest BCUT2D eigenvalue weighted by Gasteiger charge is -2.23. The molecule has 1 aliphatic rings. The molecule has 3 aromatic carbocycles. The van der Waals surface area contributed by atoms with Gasteiger partial charge in [-0.1, -0.05) is 34.1 Å². The van der Waals surface area contributed by atoms with Crippen molar-refractivity contribution in [2.24, 2.45) is 5.10 Å². The van der Waals surface area contributed by atoms with Gasteiger partial charge in [-0.05, 0) is 60.7 Å². The number of halogens is 1. The van der Waals surface area contributed by atoms with Crippen molar-refractivity contribution in [3.63, 3.8) is 0 Å². The number of carbonyl (C=O) groups excluding carboxylic acids is 2. The molecule has 6 nitrogen and oxygen atoms in total. The van der Waals surface area contributed by atoms with Gasteiger partial charge in [-0.15, -0.1) is 0 Å². The second kappa shape index (κ2) is 8.92. The molecule has 1 heterocycles. The fourth-order valence-electron chi connectivity index (χ4n) is 2.93. The van der Waals surface area contributed by atoms with Gasteiger partial charge in [-0.2, -0.15) is 5.10 Å². The first-order valence-electron chi connectivity index (χ1n) is 9.39. The number of benzene rings is 3. The van der Waals surface area contributed by atoms with E-state index in [2.05, 4.69) is 26.3 Å². The lowest BCUT2D eigenvalue weighted by Crippen LogP contribution is -2.36. The lowest BCUT2D eigenvalue weighted by atomic mass is 10.1. The van der Waals surface area contributed by atoms with E-state index in [1.165, 1.54) is 5.01 Å². The SMILES string of the molecule is O=C(Nc1ccc(Oc2ccccc2)cc1)C1=NN(c2ccc(Br)cc2)C(=O)CC1. The first-order valence-corrected chi connectivity index (χ1v) is 10.2. The molecule has 0 aliphatic carbocycles. The molecule has 0 atom stereocenters. The highest BCUT2D eigenvalue weighted by Crippen LogP contribution is 2.24. The van der Waals surface area contributed by atoms with E-state index < -0.39 is 0 Å². The van der Waals surface area contributed by atoms with Crippen LogP contribution in [0.5, 0.6) is 11.5 Å². The summed E-state index contributed by atoms with van der Waals surface area (Å²) >= 11 is 3.37. The van der Waals surface area contributed by atoms with Gasteiger partial charge in [-0.25, -0.2) is 5.01 Å². The summed E-state index contributed by atoms with van der Waals surface area (Å²) in [7, 11) is 0. The number of hydrogen-bond donors (Lipinski definition) is 1. The monoisotopic (exact) mass is 463 g/mol. The second-order valence-corrected chi connectivity index (χ2v) is 7.54. The Bertz CT molecular complexity index is 1080. The van der Waals surface area contributed by atoms with Crippen LogP contribution in [0.1, 0.15) is 12.8 Å². The maximum Gasteiger partial charge on any atom is 0.271 e. The third-order valence-electron chi connectivity index (χ3n) is 4.46. The Morgan fingerprint density at radius 1 is 0.900 bits per heavy atom. The lowest BCUT2D eigenvalue weighted by molar-refractivity contribution is -0.118. The van der Waals surface area contributed by atoms with Gasteiger partial charge in [0.15, 0.2) is 0 Å². The van der Waals surface area contributed by atoms with Crippen LogP contribution in [0, 0.1) is 0 Å². The summed E-state index contributed by atoms with van der Waals surface area (Å²) in [5.74, 6) is 0.933. The van der Waals surface area contributed by atoms with Gasteiger partial charge in [0.25, 0.3) is 5.91 Å². The highest BCUT2D eigenvalue weighted by Gasteiger charge is 2.25. The number of rotatable bonds is 5. The molecule has 1 aliphatic heterocycles. The van der Waals surface area contributed by atoms with Crippen molar-refractivity contribution < 1.29 is 14.3 Å². The van der Waals surface area contributed by atoms with Gasteiger partial charge < -0.3 is 10.1 Å². The molecule has 30 heavy (non-hydrogen) atoms. The standard InChI is InChI=1S/C23H18BrN3O3/c24-16-6-10-18(11-7-16)27-22(28)15-14-21(26-27)23(29)25-17-8-12-20(13-9-17)30-19-4-2-1-3-5-19/h1-13H,14-15H2,(H,25,29). The van der Waals surface area contributed by atoms with Gasteiger partial charge in [0.2, 0.25) is 5.91 Å². The Labute approximate surface area is 182 Å². The third kappa shape index (κ3) is 4.75. The van der Waals surface area contributed by atoms with E-state index in [4.69, 9.17) is 4.74 Å². The molecule has 0 saturated carbocycles. The maximum absolute atomic E-state index is 12.7. The van der Waals surface area contributed by atoms with Crippen LogP contribution in [-0.2, 0) is 9.59 Å². The van der Waals surface area contributed by atoms with Crippen LogP contribution in [0.25, 0.3) is 0 Å². The number of nitrogens with zero attached hydrogens (tertiary/aromatic N) is 2. The molecule has 1 N–H and O–H groups in total. The van der Waals surface area contributed by atoms with Crippen molar-refractivity contribution in [3.8, 4) is 11.5 Å². The molecule has 0 aromatic heterocycles. The van der Waals surface area contributed by atoms with E-state index in [0.717, 1.165) is 10.2 Å². The van der Waals surface area contributed by atoms with Crippen LogP contribution >= 0.6 is 15.9 Å². The summed E-state index contributed by atoms with van der Waals surface area (Å²) < 4.78 is 6.65. The zero-order valence-corrected chi connectivity index (χ0v) is 17.5. The highest BCUT2D eigenvalue weighted by molar-refractivity contribution is 9.10. The van der Waals surface area contributed by atoms with Crippen LogP contribution in [0.3, 0.4) is 0 Å². The van der Waals surface area contributed by atoms with E-state index in [1.807, 2.05) is 42.5 Å². The minimum atomic E-state index is -0.332. The number of amides is 2. The average molecular weight is 464 g/mol. The Morgan fingerprint density at radius 2 is 1.57 bits per heavy atom. The van der Waals surface area contributed by atoms with E-state index >= 15 is 0 Å². The molecule has 2 amide bonds. The van der Waals surface area contributed by atoms with Gasteiger partial charge in [0.05, 0.1) is 5.69 Å². The van der Waals surface area contributed by atoms with Crippen molar-refractivity contribution >= 4 is 44.8 Å². The van der Waals surface area contributed by atoms with E-state index in [0.29, 0.717) is 29.3 Å². The van der Waals surface area contributed by atoms with Crippen LogP contribution in [0.2, 0.25) is 0 Å². The van der Waals surface area contributed by atoms with Gasteiger partial charge in [-0.3, -0.25) is 9.59 Å². The number of hydrogen-bond acceptors (Lipinski definition) is 4. The van der Waals surface area contributed by atoms with Crippen LogP contribution in [-0.4, -0.2) is 17.5 Å². The summed E-state index contributed by atoms with van der Waals surface area (Å²) in [6.45, 7) is 0. The fraction of sp³-hybridized carbons (Fsp3) is 0.0870. The van der Waals surface area contributed by atoms with Crippen LogP contribution in [0.4, 0.5) is 11.4 Å². The summed E-state index contributed by atoms with van der Waals surface area (Å²) in [4.78, 5) is 24.9. The van der Waals surface area contributed by atoms with Crippen LogP contribution < -0.4 is 15.1 Å². The zero-order chi connectivity index (χ0) is 20.9. The summed E-state index contributed by atoms with van der Waals surface area (Å²) in [6.07, 6.45) is 0.527. The van der Waals surface area contributed by atoms with E-state index in [-0.39, 0.29) is 18.2 Å². The molecule has 0 spiro atoms. The number of anilines is 2. The molecule has 4 rings (SSSR count). The number of para-hydroxylation sites is 1. The second-order valence-electron chi connectivity index (χ2n) is 6.62. The molecule has 0 unspecified atom stereocenters. The Balaban J connectivity index is 1.44. The normalized spacial score (nSPS) is 13.6. The Kier molecular flexibility index (Phi) is 5.90. The Morgan fingerprint density at radius 3 is 2.27 bits per heavy atom. The van der Waals surface area contributed by atoms with Crippen molar-refractivity contribution in [1.29, 1.82) is 0 Å². The highest BCUT2D eigenvalue weighted by atomic mass is 79.9. The average Bonchev–Trinajstić information content (AvgIpc) is 2.77. The largest absolute Gasteiger partial charge is 0.457 e. The maximum atomic E-state index is 12.7. The van der Waals surface area contributed by atoms with E-state index in [9.17, 15) is 9.59 Å². The van der Waals surface area contributed by atoms with Crippen molar-refractivity contribution in [3.05, 3.63) is 83.3 Å². The van der Waals surface area contributed by atoms with Gasteiger partial charge >= 0.3 is 0 Å². The van der Waals surface area contributed by atoms with Crippen molar-refractivity contribution in [2.45, 2.75) is 12.8 Å². The Hall–Kier alpha value is -3.45. The fourth-order valence-corrected chi connectivity index (χ4v) is 3.20. The summed E-state index contributed by atoms with van der Waals surface area (Å²) in [6, 6.07) is 23.7. The molecular formula is C23H18BrN3O3. The molecule has 150 valence electrons. The zero-order valence-electron chi connectivity index (χ0n) is 15.9. The minimum Gasteiger partial charge on any atom is -0.457 e. The molecule has 3 aromatic rings.